The Hall–Kier alpha value is -4.43. The first-order valence-corrected chi connectivity index (χ1v) is 13.9. The maximum Gasteiger partial charge on any atom is 0.269 e. The molecule has 0 aliphatic carbocycles. The van der Waals surface area contributed by atoms with Crippen LogP contribution in [-0.4, -0.2) is 26.9 Å². The molecule has 0 unspecified atom stereocenters. The topological polar surface area (TPSA) is 85.0 Å². The normalized spacial score (nSPS) is 16.2. The fraction of sp³-hybridized carbons (Fsp3) is 0.188. The molecule has 1 saturated heterocycles. The van der Waals surface area contributed by atoms with Crippen molar-refractivity contribution in [1.29, 1.82) is 0 Å². The lowest BCUT2D eigenvalue weighted by Crippen LogP contribution is -2.36. The average Bonchev–Trinajstić information content (AvgIpc) is 3.27. The number of nitro benzene ring substituents is 1. The summed E-state index contributed by atoms with van der Waals surface area (Å²) in [5, 5.41) is 13.6. The van der Waals surface area contributed by atoms with Gasteiger partial charge in [0.2, 0.25) is 0 Å². The molecule has 1 atom stereocenters. The SMILES string of the molecule is CC[C@@H](C)N1C(=O)/C(=C\c2c(OCc3ccc([N+](=O)[O-])cc3)ccc3ccccc23)SC1=Nc1ccc(C)cc1. The van der Waals surface area contributed by atoms with Crippen molar-refractivity contribution in [3.63, 3.8) is 0 Å². The van der Waals surface area contributed by atoms with Gasteiger partial charge in [0.1, 0.15) is 12.4 Å². The summed E-state index contributed by atoms with van der Waals surface area (Å²) in [4.78, 5) is 31.5. The van der Waals surface area contributed by atoms with E-state index in [1.54, 1.807) is 17.0 Å². The summed E-state index contributed by atoms with van der Waals surface area (Å²) in [5.41, 5.74) is 3.59. The van der Waals surface area contributed by atoms with E-state index in [0.29, 0.717) is 15.8 Å². The number of non-ortho nitro benzene ring substituents is 1. The van der Waals surface area contributed by atoms with E-state index in [1.165, 1.54) is 23.9 Å². The van der Waals surface area contributed by atoms with Crippen molar-refractivity contribution in [2.45, 2.75) is 39.8 Å². The highest BCUT2D eigenvalue weighted by atomic mass is 32.2. The van der Waals surface area contributed by atoms with E-state index in [9.17, 15) is 14.9 Å². The number of hydrogen-bond acceptors (Lipinski definition) is 6. The number of aliphatic imine (C=N–C) groups is 1. The van der Waals surface area contributed by atoms with Crippen LogP contribution in [0, 0.1) is 17.0 Å². The Kier molecular flexibility index (Phi) is 7.98. The van der Waals surface area contributed by atoms with Crippen molar-refractivity contribution in [2.24, 2.45) is 4.99 Å². The molecule has 1 amide bonds. The van der Waals surface area contributed by atoms with Gasteiger partial charge in [0.25, 0.3) is 11.6 Å². The van der Waals surface area contributed by atoms with Crippen LogP contribution in [0.1, 0.15) is 37.0 Å². The first-order chi connectivity index (χ1) is 19.3. The predicted molar refractivity (Wildman–Crippen MR) is 162 cm³/mol. The Balaban J connectivity index is 1.52. The highest BCUT2D eigenvalue weighted by Gasteiger charge is 2.36. The summed E-state index contributed by atoms with van der Waals surface area (Å²) in [6, 6.07) is 26.1. The second-order valence-corrected chi connectivity index (χ2v) is 10.7. The van der Waals surface area contributed by atoms with Gasteiger partial charge >= 0.3 is 0 Å². The molecular weight excluding hydrogens is 522 g/mol. The van der Waals surface area contributed by atoms with Crippen LogP contribution in [0.25, 0.3) is 16.8 Å². The maximum absolute atomic E-state index is 13.7. The zero-order valence-corrected chi connectivity index (χ0v) is 23.4. The standard InChI is InChI=1S/C32H29N3O4S/c1-4-22(3)34-31(36)30(40-32(34)33-25-14-9-21(2)10-15-25)19-28-27-8-6-5-7-24(27)13-18-29(28)39-20-23-11-16-26(17-12-23)35(37)38/h5-19,22H,4,20H2,1-3H3/b30-19+,33-32?/t22-/m1/s1. The molecule has 0 N–H and O–H groups in total. The van der Waals surface area contributed by atoms with Gasteiger partial charge in [0, 0.05) is 23.7 Å². The van der Waals surface area contributed by atoms with Crippen LogP contribution >= 0.6 is 11.8 Å². The number of benzene rings is 4. The molecule has 202 valence electrons. The molecule has 1 aliphatic heterocycles. The monoisotopic (exact) mass is 551 g/mol. The third kappa shape index (κ3) is 5.77. The lowest BCUT2D eigenvalue weighted by molar-refractivity contribution is -0.384. The van der Waals surface area contributed by atoms with Gasteiger partial charge in [-0.2, -0.15) is 0 Å². The number of aryl methyl sites for hydroxylation is 1. The van der Waals surface area contributed by atoms with Crippen LogP contribution in [0.4, 0.5) is 11.4 Å². The second-order valence-electron chi connectivity index (χ2n) is 9.68. The summed E-state index contributed by atoms with van der Waals surface area (Å²) in [6.45, 7) is 6.35. The van der Waals surface area contributed by atoms with E-state index in [-0.39, 0.29) is 24.2 Å². The van der Waals surface area contributed by atoms with E-state index < -0.39 is 4.92 Å². The number of nitrogens with zero attached hydrogens (tertiary/aromatic N) is 3. The number of thioether (sulfide) groups is 1. The molecule has 0 spiro atoms. The molecular formula is C32H29N3O4S. The Morgan fingerprint density at radius 2 is 1.75 bits per heavy atom. The molecule has 40 heavy (non-hydrogen) atoms. The molecule has 8 heteroatoms. The minimum atomic E-state index is -0.423. The lowest BCUT2D eigenvalue weighted by Gasteiger charge is -2.22. The van der Waals surface area contributed by atoms with Gasteiger partial charge in [0.05, 0.1) is 15.5 Å². The number of carbonyl (C=O) groups is 1. The third-order valence-electron chi connectivity index (χ3n) is 6.87. The number of fused-ring (bicyclic) bond motifs is 1. The molecule has 0 bridgehead atoms. The molecule has 4 aromatic carbocycles. The van der Waals surface area contributed by atoms with Crippen molar-refractivity contribution in [3.05, 3.63) is 117 Å². The molecule has 1 fully saturated rings. The largest absolute Gasteiger partial charge is 0.488 e. The van der Waals surface area contributed by atoms with E-state index in [4.69, 9.17) is 9.73 Å². The number of hydrogen-bond donors (Lipinski definition) is 0. The van der Waals surface area contributed by atoms with Gasteiger partial charge in [-0.05, 0) is 84.8 Å². The Bertz CT molecular complexity index is 1630. The Morgan fingerprint density at radius 3 is 2.45 bits per heavy atom. The number of rotatable bonds is 8. The number of amidine groups is 1. The quantitative estimate of drug-likeness (QED) is 0.126. The summed E-state index contributed by atoms with van der Waals surface area (Å²) >= 11 is 1.37. The molecule has 5 rings (SSSR count). The second kappa shape index (κ2) is 11.8. The van der Waals surface area contributed by atoms with Crippen LogP contribution < -0.4 is 4.74 Å². The third-order valence-corrected chi connectivity index (χ3v) is 7.86. The lowest BCUT2D eigenvalue weighted by atomic mass is 10.0. The number of amides is 1. The maximum atomic E-state index is 13.7. The van der Waals surface area contributed by atoms with Gasteiger partial charge in [-0.25, -0.2) is 4.99 Å². The predicted octanol–water partition coefficient (Wildman–Crippen LogP) is 8.04. The Labute approximate surface area is 237 Å². The fourth-order valence-electron chi connectivity index (χ4n) is 4.42. The summed E-state index contributed by atoms with van der Waals surface area (Å²) < 4.78 is 6.23. The molecule has 7 nitrogen and oxygen atoms in total. The zero-order valence-electron chi connectivity index (χ0n) is 22.5. The van der Waals surface area contributed by atoms with Gasteiger partial charge in [-0.3, -0.25) is 19.8 Å². The van der Waals surface area contributed by atoms with Crippen LogP contribution in [-0.2, 0) is 11.4 Å². The van der Waals surface area contributed by atoms with E-state index >= 15 is 0 Å². The molecule has 0 saturated carbocycles. The minimum absolute atomic E-state index is 0.0135. The Morgan fingerprint density at radius 1 is 1.02 bits per heavy atom. The summed E-state index contributed by atoms with van der Waals surface area (Å²) in [7, 11) is 0. The van der Waals surface area contributed by atoms with Crippen LogP contribution in [0.15, 0.2) is 94.8 Å². The smallest absolute Gasteiger partial charge is 0.269 e. The molecule has 1 aliphatic rings. The molecule has 1 heterocycles. The van der Waals surface area contributed by atoms with Gasteiger partial charge < -0.3 is 4.74 Å². The van der Waals surface area contributed by atoms with Crippen LogP contribution in [0.3, 0.4) is 0 Å². The number of carbonyl (C=O) groups excluding carboxylic acids is 1. The number of nitro groups is 1. The molecule has 0 aromatic heterocycles. The first kappa shape index (κ1) is 27.1. The van der Waals surface area contributed by atoms with E-state index in [0.717, 1.165) is 39.6 Å². The van der Waals surface area contributed by atoms with E-state index in [2.05, 4.69) is 6.92 Å². The van der Waals surface area contributed by atoms with Crippen molar-refractivity contribution < 1.29 is 14.5 Å². The summed E-state index contributed by atoms with van der Waals surface area (Å²) in [5.74, 6) is 0.538. The van der Waals surface area contributed by atoms with Gasteiger partial charge in [0.15, 0.2) is 5.17 Å². The van der Waals surface area contributed by atoms with Crippen molar-refractivity contribution in [1.82, 2.24) is 4.90 Å². The molecule has 4 aromatic rings. The van der Waals surface area contributed by atoms with Crippen LogP contribution in [0.2, 0.25) is 0 Å². The molecule has 0 radical (unpaired) electrons. The average molecular weight is 552 g/mol. The zero-order chi connectivity index (χ0) is 28.2. The van der Waals surface area contributed by atoms with Gasteiger partial charge in [-0.1, -0.05) is 55.0 Å². The fourth-order valence-corrected chi connectivity index (χ4v) is 5.49. The van der Waals surface area contributed by atoms with Crippen LogP contribution in [0.5, 0.6) is 5.75 Å². The highest BCUT2D eigenvalue weighted by Crippen LogP contribution is 2.39. The first-order valence-electron chi connectivity index (χ1n) is 13.1. The summed E-state index contributed by atoms with van der Waals surface area (Å²) in [6.07, 6.45) is 2.69. The minimum Gasteiger partial charge on any atom is -0.488 e. The van der Waals surface area contributed by atoms with E-state index in [1.807, 2.05) is 80.6 Å². The van der Waals surface area contributed by atoms with Gasteiger partial charge in [-0.15, -0.1) is 0 Å². The van der Waals surface area contributed by atoms with Crippen molar-refractivity contribution in [3.8, 4) is 5.75 Å². The van der Waals surface area contributed by atoms with Crippen molar-refractivity contribution in [2.75, 3.05) is 0 Å². The number of ether oxygens (including phenoxy) is 1. The highest BCUT2D eigenvalue weighted by molar-refractivity contribution is 8.18. The van der Waals surface area contributed by atoms with Crippen molar-refractivity contribution >= 4 is 51.1 Å².